The van der Waals surface area contributed by atoms with E-state index in [0.717, 1.165) is 0 Å². The molecule has 0 spiro atoms. The third kappa shape index (κ3) is 2.85. The van der Waals surface area contributed by atoms with Crippen molar-refractivity contribution in [1.82, 2.24) is 4.90 Å². The zero-order valence-corrected chi connectivity index (χ0v) is 12.1. The van der Waals surface area contributed by atoms with Gasteiger partial charge in [-0.3, -0.25) is 9.59 Å². The Hall–Kier alpha value is -2.28. The third-order valence-corrected chi connectivity index (χ3v) is 3.72. The minimum Gasteiger partial charge on any atom is -0.489 e. The van der Waals surface area contributed by atoms with Gasteiger partial charge in [0.25, 0.3) is 11.8 Å². The standard InChI is InChI=1S/C15H18N2O5/c16-14(18)12-4-7-21-13-10(2-1-3-11(13)22-12)15(19)17-5-8-20-9-6-17/h1-3,12H,4-9H2,(H2,16,18). The lowest BCUT2D eigenvalue weighted by Crippen LogP contribution is -2.40. The Kier molecular flexibility index (Phi) is 4.15. The van der Waals surface area contributed by atoms with Gasteiger partial charge in [-0.25, -0.2) is 0 Å². The van der Waals surface area contributed by atoms with E-state index in [-0.39, 0.29) is 12.5 Å². The van der Waals surface area contributed by atoms with Crippen LogP contribution >= 0.6 is 0 Å². The molecule has 1 fully saturated rings. The Morgan fingerprint density at radius 1 is 1.18 bits per heavy atom. The summed E-state index contributed by atoms with van der Waals surface area (Å²) in [4.78, 5) is 25.7. The van der Waals surface area contributed by atoms with Gasteiger partial charge >= 0.3 is 0 Å². The van der Waals surface area contributed by atoms with Crippen LogP contribution in [0.15, 0.2) is 18.2 Å². The van der Waals surface area contributed by atoms with E-state index >= 15 is 0 Å². The number of benzene rings is 1. The fraction of sp³-hybridized carbons (Fsp3) is 0.467. The molecule has 2 aliphatic rings. The molecule has 22 heavy (non-hydrogen) atoms. The average molecular weight is 306 g/mol. The smallest absolute Gasteiger partial charge is 0.258 e. The van der Waals surface area contributed by atoms with Crippen LogP contribution in [0.2, 0.25) is 0 Å². The van der Waals surface area contributed by atoms with Crippen LogP contribution in [0.25, 0.3) is 0 Å². The number of rotatable bonds is 2. The summed E-state index contributed by atoms with van der Waals surface area (Å²) in [6.45, 7) is 2.43. The number of hydrogen-bond donors (Lipinski definition) is 1. The van der Waals surface area contributed by atoms with Crippen LogP contribution in [0.5, 0.6) is 11.5 Å². The van der Waals surface area contributed by atoms with E-state index in [2.05, 4.69) is 0 Å². The van der Waals surface area contributed by atoms with Gasteiger partial charge in [-0.05, 0) is 12.1 Å². The van der Waals surface area contributed by atoms with E-state index in [1.807, 2.05) is 0 Å². The third-order valence-electron chi connectivity index (χ3n) is 3.72. The van der Waals surface area contributed by atoms with Crippen molar-refractivity contribution in [3.05, 3.63) is 23.8 Å². The van der Waals surface area contributed by atoms with Crippen LogP contribution in [0.4, 0.5) is 0 Å². The van der Waals surface area contributed by atoms with E-state index in [9.17, 15) is 9.59 Å². The second kappa shape index (κ2) is 6.23. The Labute approximate surface area is 127 Å². The highest BCUT2D eigenvalue weighted by Crippen LogP contribution is 2.35. The zero-order chi connectivity index (χ0) is 15.5. The molecule has 1 aromatic carbocycles. The number of amides is 2. The maximum atomic E-state index is 12.6. The van der Waals surface area contributed by atoms with Gasteiger partial charge in [0, 0.05) is 19.5 Å². The van der Waals surface area contributed by atoms with Crippen molar-refractivity contribution >= 4 is 11.8 Å². The fourth-order valence-corrected chi connectivity index (χ4v) is 2.54. The van der Waals surface area contributed by atoms with Gasteiger partial charge in [-0.15, -0.1) is 0 Å². The SMILES string of the molecule is NC(=O)C1CCOc2c(cccc2C(=O)N2CCOCC2)O1. The summed E-state index contributed by atoms with van der Waals surface area (Å²) in [5.74, 6) is 0.0887. The molecule has 0 saturated carbocycles. The Balaban J connectivity index is 1.89. The molecule has 0 radical (unpaired) electrons. The largest absolute Gasteiger partial charge is 0.489 e. The number of nitrogens with zero attached hydrogens (tertiary/aromatic N) is 1. The van der Waals surface area contributed by atoms with Crippen molar-refractivity contribution in [3.8, 4) is 11.5 Å². The van der Waals surface area contributed by atoms with E-state index in [4.69, 9.17) is 19.9 Å². The number of hydrogen-bond acceptors (Lipinski definition) is 5. The van der Waals surface area contributed by atoms with Gasteiger partial charge in [0.2, 0.25) is 0 Å². The van der Waals surface area contributed by atoms with E-state index in [1.165, 1.54) is 0 Å². The topological polar surface area (TPSA) is 91.1 Å². The van der Waals surface area contributed by atoms with Crippen molar-refractivity contribution in [2.24, 2.45) is 5.73 Å². The van der Waals surface area contributed by atoms with Crippen molar-refractivity contribution in [2.75, 3.05) is 32.9 Å². The predicted molar refractivity (Wildman–Crippen MR) is 76.9 cm³/mol. The Morgan fingerprint density at radius 2 is 1.95 bits per heavy atom. The summed E-state index contributed by atoms with van der Waals surface area (Å²) in [7, 11) is 0. The van der Waals surface area contributed by atoms with Gasteiger partial charge in [0.1, 0.15) is 0 Å². The molecule has 2 N–H and O–H groups in total. The highest BCUT2D eigenvalue weighted by Gasteiger charge is 2.28. The van der Waals surface area contributed by atoms with Gasteiger partial charge < -0.3 is 24.8 Å². The number of carbonyl (C=O) groups excluding carboxylic acids is 2. The van der Waals surface area contributed by atoms with Crippen molar-refractivity contribution in [3.63, 3.8) is 0 Å². The predicted octanol–water partition coefficient (Wildman–Crippen LogP) is 0.174. The molecule has 1 aromatic rings. The molecule has 1 unspecified atom stereocenters. The van der Waals surface area contributed by atoms with Crippen LogP contribution in [-0.4, -0.2) is 55.7 Å². The first-order valence-electron chi connectivity index (χ1n) is 7.25. The minimum absolute atomic E-state index is 0.124. The molecule has 2 aliphatic heterocycles. The highest BCUT2D eigenvalue weighted by atomic mass is 16.5. The van der Waals surface area contributed by atoms with E-state index < -0.39 is 12.0 Å². The lowest BCUT2D eigenvalue weighted by molar-refractivity contribution is -0.124. The molecule has 1 atom stereocenters. The zero-order valence-electron chi connectivity index (χ0n) is 12.1. The lowest BCUT2D eigenvalue weighted by atomic mass is 10.1. The molecule has 2 heterocycles. The summed E-state index contributed by atoms with van der Waals surface area (Å²) in [5.41, 5.74) is 5.73. The Morgan fingerprint density at radius 3 is 2.68 bits per heavy atom. The van der Waals surface area contributed by atoms with Crippen LogP contribution < -0.4 is 15.2 Å². The molecule has 3 rings (SSSR count). The quantitative estimate of drug-likeness (QED) is 0.841. The molecule has 7 nitrogen and oxygen atoms in total. The summed E-state index contributed by atoms with van der Waals surface area (Å²) >= 11 is 0. The maximum Gasteiger partial charge on any atom is 0.258 e. The lowest BCUT2D eigenvalue weighted by Gasteiger charge is -2.27. The maximum absolute atomic E-state index is 12.6. The normalized spacial score (nSPS) is 21.1. The van der Waals surface area contributed by atoms with Crippen LogP contribution in [-0.2, 0) is 9.53 Å². The number of ether oxygens (including phenoxy) is 3. The summed E-state index contributed by atoms with van der Waals surface area (Å²) in [5, 5.41) is 0. The summed E-state index contributed by atoms with van der Waals surface area (Å²) < 4.78 is 16.5. The van der Waals surface area contributed by atoms with E-state index in [0.29, 0.717) is 49.8 Å². The van der Waals surface area contributed by atoms with Crippen LogP contribution in [0, 0.1) is 0 Å². The number of fused-ring (bicyclic) bond motifs is 1. The molecule has 7 heteroatoms. The van der Waals surface area contributed by atoms with Crippen LogP contribution in [0.3, 0.4) is 0 Å². The van der Waals surface area contributed by atoms with Gasteiger partial charge in [0.15, 0.2) is 17.6 Å². The van der Waals surface area contributed by atoms with Gasteiger partial charge in [-0.2, -0.15) is 0 Å². The number of para-hydroxylation sites is 1. The molecule has 0 bridgehead atoms. The number of nitrogens with two attached hydrogens (primary N) is 1. The number of morpholine rings is 1. The van der Waals surface area contributed by atoms with Gasteiger partial charge in [0.05, 0.1) is 25.4 Å². The van der Waals surface area contributed by atoms with Crippen molar-refractivity contribution in [1.29, 1.82) is 0 Å². The molecule has 0 aromatic heterocycles. The molecule has 118 valence electrons. The Bertz CT molecular complexity index is 583. The molecule has 2 amide bonds. The summed E-state index contributed by atoms with van der Waals surface area (Å²) in [6, 6.07) is 5.08. The number of carbonyl (C=O) groups is 2. The molecule has 1 saturated heterocycles. The first-order valence-corrected chi connectivity index (χ1v) is 7.25. The van der Waals surface area contributed by atoms with Crippen molar-refractivity contribution in [2.45, 2.75) is 12.5 Å². The first kappa shape index (κ1) is 14.6. The highest BCUT2D eigenvalue weighted by molar-refractivity contribution is 5.98. The van der Waals surface area contributed by atoms with Crippen LogP contribution in [0.1, 0.15) is 16.8 Å². The molecular formula is C15H18N2O5. The first-order chi connectivity index (χ1) is 10.7. The fourth-order valence-electron chi connectivity index (χ4n) is 2.54. The number of primary amides is 1. The molecule has 0 aliphatic carbocycles. The van der Waals surface area contributed by atoms with Crippen molar-refractivity contribution < 1.29 is 23.8 Å². The summed E-state index contributed by atoms with van der Waals surface area (Å²) in [6.07, 6.45) is -0.384. The average Bonchev–Trinajstić information content (AvgIpc) is 2.77. The second-order valence-corrected chi connectivity index (χ2v) is 5.18. The molecular weight excluding hydrogens is 288 g/mol. The second-order valence-electron chi connectivity index (χ2n) is 5.18. The minimum atomic E-state index is -0.741. The van der Waals surface area contributed by atoms with E-state index in [1.54, 1.807) is 23.1 Å². The van der Waals surface area contributed by atoms with Gasteiger partial charge in [-0.1, -0.05) is 6.07 Å². The monoisotopic (exact) mass is 306 g/mol.